The average Bonchev–Trinajstić information content (AvgIpc) is 2.79. The van der Waals surface area contributed by atoms with Gasteiger partial charge in [0.1, 0.15) is 5.82 Å². The molecule has 0 bridgehead atoms. The Morgan fingerprint density at radius 3 is 2.52 bits per heavy atom. The van der Waals surface area contributed by atoms with Gasteiger partial charge in [-0.25, -0.2) is 9.82 Å². The van der Waals surface area contributed by atoms with Gasteiger partial charge in [-0.15, -0.1) is 0 Å². The monoisotopic (exact) mass is 428 g/mol. The minimum absolute atomic E-state index is 0.133. The third kappa shape index (κ3) is 5.41. The standard InChI is InChI=1S/C21H21FN4O5/c1-31-19-7-2-14(12-18(19)26(29)30)13-23-24-20(27)15-8-10-25(11-9-15)21(28)16-3-5-17(22)6-4-16/h2-7,12-13,15H,8-11H2,1H3,(H,24,27)/b23-13-. The average molecular weight is 428 g/mol. The third-order valence-corrected chi connectivity index (χ3v) is 5.03. The molecule has 1 aliphatic heterocycles. The van der Waals surface area contributed by atoms with Gasteiger partial charge in [0.25, 0.3) is 5.91 Å². The molecule has 0 unspecified atom stereocenters. The molecule has 0 aliphatic carbocycles. The molecule has 1 fully saturated rings. The Morgan fingerprint density at radius 2 is 1.90 bits per heavy atom. The number of nitro groups is 1. The number of rotatable bonds is 6. The summed E-state index contributed by atoms with van der Waals surface area (Å²) in [7, 11) is 1.34. The van der Waals surface area contributed by atoms with E-state index in [-0.39, 0.29) is 29.2 Å². The van der Waals surface area contributed by atoms with Gasteiger partial charge in [-0.3, -0.25) is 19.7 Å². The van der Waals surface area contributed by atoms with E-state index in [1.54, 1.807) is 11.0 Å². The summed E-state index contributed by atoms with van der Waals surface area (Å²) in [6.07, 6.45) is 2.27. The number of nitro benzene ring substituents is 1. The van der Waals surface area contributed by atoms with Crippen LogP contribution < -0.4 is 10.2 Å². The first-order valence-electron chi connectivity index (χ1n) is 9.59. The Balaban J connectivity index is 1.52. The Hall–Kier alpha value is -3.82. The summed E-state index contributed by atoms with van der Waals surface area (Å²) in [5.41, 5.74) is 3.09. The number of ether oxygens (including phenoxy) is 1. The van der Waals surface area contributed by atoms with Crippen LogP contribution in [0.3, 0.4) is 0 Å². The number of piperidine rings is 1. The van der Waals surface area contributed by atoms with Crippen LogP contribution in [-0.4, -0.2) is 48.1 Å². The summed E-state index contributed by atoms with van der Waals surface area (Å²) in [6.45, 7) is 0.811. The van der Waals surface area contributed by atoms with Crippen LogP contribution in [0.15, 0.2) is 47.6 Å². The lowest BCUT2D eigenvalue weighted by Crippen LogP contribution is -2.42. The quantitative estimate of drug-likeness (QED) is 0.432. The fourth-order valence-corrected chi connectivity index (χ4v) is 3.31. The van der Waals surface area contributed by atoms with E-state index in [2.05, 4.69) is 10.5 Å². The molecular formula is C21H21FN4O5. The Bertz CT molecular complexity index is 1000. The summed E-state index contributed by atoms with van der Waals surface area (Å²) >= 11 is 0. The summed E-state index contributed by atoms with van der Waals surface area (Å²) < 4.78 is 18.0. The second-order valence-corrected chi connectivity index (χ2v) is 7.00. The molecule has 1 saturated heterocycles. The van der Waals surface area contributed by atoms with Gasteiger partial charge < -0.3 is 9.64 Å². The number of hydrogen-bond donors (Lipinski definition) is 1. The molecule has 2 aromatic carbocycles. The predicted molar refractivity (Wildman–Crippen MR) is 110 cm³/mol. The second kappa shape index (κ2) is 9.79. The van der Waals surface area contributed by atoms with Crippen molar-refractivity contribution >= 4 is 23.7 Å². The Morgan fingerprint density at radius 1 is 1.23 bits per heavy atom. The molecule has 31 heavy (non-hydrogen) atoms. The Kier molecular flexibility index (Phi) is 6.91. The highest BCUT2D eigenvalue weighted by molar-refractivity contribution is 5.94. The number of benzene rings is 2. The molecule has 2 amide bonds. The maximum Gasteiger partial charge on any atom is 0.311 e. The number of carbonyl (C=O) groups excluding carboxylic acids is 2. The lowest BCUT2D eigenvalue weighted by atomic mass is 9.95. The highest BCUT2D eigenvalue weighted by atomic mass is 19.1. The first-order chi connectivity index (χ1) is 14.9. The number of nitrogens with zero attached hydrogens (tertiary/aromatic N) is 3. The van der Waals surface area contributed by atoms with Crippen molar-refractivity contribution in [3.05, 3.63) is 69.5 Å². The van der Waals surface area contributed by atoms with Crippen molar-refractivity contribution < 1.29 is 23.6 Å². The molecule has 1 heterocycles. The zero-order valence-electron chi connectivity index (χ0n) is 16.8. The number of halogens is 1. The number of hydrogen-bond acceptors (Lipinski definition) is 6. The van der Waals surface area contributed by atoms with Crippen LogP contribution in [-0.2, 0) is 4.79 Å². The molecule has 2 aromatic rings. The van der Waals surface area contributed by atoms with E-state index < -0.39 is 10.7 Å². The number of nitrogens with one attached hydrogen (secondary N) is 1. The number of amides is 2. The molecule has 0 atom stereocenters. The molecule has 1 N–H and O–H groups in total. The van der Waals surface area contributed by atoms with E-state index in [0.29, 0.717) is 37.1 Å². The summed E-state index contributed by atoms with van der Waals surface area (Å²) in [5, 5.41) is 14.9. The van der Waals surface area contributed by atoms with E-state index >= 15 is 0 Å². The fourth-order valence-electron chi connectivity index (χ4n) is 3.31. The van der Waals surface area contributed by atoms with Gasteiger partial charge >= 0.3 is 5.69 Å². The molecule has 1 aliphatic rings. The first kappa shape index (κ1) is 21.9. The molecule has 0 aromatic heterocycles. The first-order valence-corrected chi connectivity index (χ1v) is 9.59. The number of hydrazone groups is 1. The minimum atomic E-state index is -0.560. The van der Waals surface area contributed by atoms with Crippen molar-refractivity contribution in [1.82, 2.24) is 10.3 Å². The van der Waals surface area contributed by atoms with Gasteiger partial charge in [-0.1, -0.05) is 0 Å². The van der Waals surface area contributed by atoms with E-state index in [1.807, 2.05) is 0 Å². The summed E-state index contributed by atoms with van der Waals surface area (Å²) in [5.74, 6) is -1.06. The van der Waals surface area contributed by atoms with Crippen LogP contribution in [0.5, 0.6) is 5.75 Å². The van der Waals surface area contributed by atoms with E-state index in [9.17, 15) is 24.1 Å². The van der Waals surface area contributed by atoms with Crippen molar-refractivity contribution in [2.45, 2.75) is 12.8 Å². The second-order valence-electron chi connectivity index (χ2n) is 7.00. The van der Waals surface area contributed by atoms with Crippen molar-refractivity contribution in [3.63, 3.8) is 0 Å². The van der Waals surface area contributed by atoms with Crippen molar-refractivity contribution in [2.24, 2.45) is 11.0 Å². The van der Waals surface area contributed by atoms with Crippen molar-refractivity contribution in [2.75, 3.05) is 20.2 Å². The third-order valence-electron chi connectivity index (χ3n) is 5.03. The smallest absolute Gasteiger partial charge is 0.311 e. The van der Waals surface area contributed by atoms with Crippen LogP contribution in [0, 0.1) is 21.8 Å². The van der Waals surface area contributed by atoms with E-state index in [0.717, 1.165) is 0 Å². The highest BCUT2D eigenvalue weighted by Gasteiger charge is 2.27. The number of methoxy groups -OCH3 is 1. The summed E-state index contributed by atoms with van der Waals surface area (Å²) in [6, 6.07) is 9.69. The SMILES string of the molecule is COc1ccc(/C=N\NC(=O)C2CCN(C(=O)c3ccc(F)cc3)CC2)cc1[N+](=O)[O-]. The van der Waals surface area contributed by atoms with Crippen LogP contribution in [0.25, 0.3) is 0 Å². The lowest BCUT2D eigenvalue weighted by Gasteiger charge is -2.31. The van der Waals surface area contributed by atoms with Gasteiger partial charge in [0.2, 0.25) is 5.91 Å². The molecule has 0 radical (unpaired) electrons. The van der Waals surface area contributed by atoms with Gasteiger partial charge in [0.05, 0.1) is 18.2 Å². The molecule has 0 saturated carbocycles. The van der Waals surface area contributed by atoms with E-state index in [4.69, 9.17) is 4.74 Å². The van der Waals surface area contributed by atoms with Crippen molar-refractivity contribution in [1.29, 1.82) is 0 Å². The maximum atomic E-state index is 13.0. The molecule has 10 heteroatoms. The van der Waals surface area contributed by atoms with Gasteiger partial charge in [-0.05, 0) is 49.2 Å². The highest BCUT2D eigenvalue weighted by Crippen LogP contribution is 2.27. The van der Waals surface area contributed by atoms with E-state index in [1.165, 1.54) is 49.7 Å². The largest absolute Gasteiger partial charge is 0.490 e. The maximum absolute atomic E-state index is 13.0. The molecule has 0 spiro atoms. The number of carbonyl (C=O) groups is 2. The minimum Gasteiger partial charge on any atom is -0.490 e. The van der Waals surface area contributed by atoms with Crippen LogP contribution in [0.4, 0.5) is 10.1 Å². The molecule has 3 rings (SSSR count). The lowest BCUT2D eigenvalue weighted by molar-refractivity contribution is -0.385. The van der Waals surface area contributed by atoms with Crippen LogP contribution in [0.1, 0.15) is 28.8 Å². The van der Waals surface area contributed by atoms with Gasteiger partial charge in [0, 0.05) is 36.2 Å². The topological polar surface area (TPSA) is 114 Å². The predicted octanol–water partition coefficient (Wildman–Crippen LogP) is 2.75. The normalized spacial score (nSPS) is 14.5. The number of likely N-dealkylation sites (tertiary alicyclic amines) is 1. The van der Waals surface area contributed by atoms with Gasteiger partial charge in [-0.2, -0.15) is 5.10 Å². The Labute approximate surface area is 177 Å². The van der Waals surface area contributed by atoms with Crippen LogP contribution >= 0.6 is 0 Å². The van der Waals surface area contributed by atoms with Gasteiger partial charge in [0.15, 0.2) is 5.75 Å². The molecular weight excluding hydrogens is 407 g/mol. The zero-order valence-corrected chi connectivity index (χ0v) is 16.8. The molecule has 9 nitrogen and oxygen atoms in total. The molecule has 162 valence electrons. The fraction of sp³-hybridized carbons (Fsp3) is 0.286. The van der Waals surface area contributed by atoms with Crippen molar-refractivity contribution in [3.8, 4) is 5.75 Å². The summed E-state index contributed by atoms with van der Waals surface area (Å²) in [4.78, 5) is 37.0. The zero-order chi connectivity index (χ0) is 22.4. The van der Waals surface area contributed by atoms with Crippen LogP contribution in [0.2, 0.25) is 0 Å².